The van der Waals surface area contributed by atoms with Gasteiger partial charge in [-0.05, 0) is 37.1 Å². The van der Waals surface area contributed by atoms with Crippen LogP contribution >= 0.6 is 15.9 Å². The van der Waals surface area contributed by atoms with Crippen LogP contribution in [0.25, 0.3) is 0 Å². The molecule has 0 aliphatic heterocycles. The minimum absolute atomic E-state index is 0.287. The molecular weight excluding hydrogens is 276 g/mol. The number of halogens is 1. The zero-order valence-corrected chi connectivity index (χ0v) is 13.0. The van der Waals surface area contributed by atoms with E-state index in [2.05, 4.69) is 61.6 Å². The molecule has 3 heteroatoms. The summed E-state index contributed by atoms with van der Waals surface area (Å²) in [5.74, 6) is 0. The molecule has 0 amide bonds. The van der Waals surface area contributed by atoms with Gasteiger partial charge in [-0.2, -0.15) is 0 Å². The van der Waals surface area contributed by atoms with E-state index in [1.807, 2.05) is 12.1 Å². The summed E-state index contributed by atoms with van der Waals surface area (Å²) in [7, 11) is 2.17. The van der Waals surface area contributed by atoms with E-state index in [1.165, 1.54) is 5.56 Å². The summed E-state index contributed by atoms with van der Waals surface area (Å²) in [5.41, 5.74) is 8.10. The zero-order valence-electron chi connectivity index (χ0n) is 11.4. The summed E-state index contributed by atoms with van der Waals surface area (Å²) in [5, 5.41) is 0. The molecule has 96 valence electrons. The standard InChI is InChI=1S/C14H23BrN2/c1-10(14(2,3)4)17(5)9-11-6-7-12(16)8-13(11)15/h6-8,10H,9,16H2,1-5H3. The molecule has 2 N–H and O–H groups in total. The number of hydrogen-bond donors (Lipinski definition) is 1. The molecule has 0 fully saturated rings. The van der Waals surface area contributed by atoms with Crippen LogP contribution in [0.5, 0.6) is 0 Å². The van der Waals surface area contributed by atoms with E-state index in [4.69, 9.17) is 5.73 Å². The molecule has 17 heavy (non-hydrogen) atoms. The number of nitrogens with two attached hydrogens (primary N) is 1. The van der Waals surface area contributed by atoms with Gasteiger partial charge in [0, 0.05) is 22.7 Å². The van der Waals surface area contributed by atoms with Crippen LogP contribution in [0.4, 0.5) is 5.69 Å². The lowest BCUT2D eigenvalue weighted by atomic mass is 9.87. The SMILES string of the molecule is CC(N(C)Cc1ccc(N)cc1Br)C(C)(C)C. The zero-order chi connectivity index (χ0) is 13.2. The Bertz CT molecular complexity index is 382. The first-order valence-corrected chi connectivity index (χ1v) is 6.75. The van der Waals surface area contributed by atoms with Crippen molar-refractivity contribution in [3.8, 4) is 0 Å². The first kappa shape index (κ1) is 14.5. The van der Waals surface area contributed by atoms with E-state index in [9.17, 15) is 0 Å². The predicted octanol–water partition coefficient (Wildman–Crippen LogP) is 3.90. The third-order valence-electron chi connectivity index (χ3n) is 3.41. The van der Waals surface area contributed by atoms with Gasteiger partial charge in [0.2, 0.25) is 0 Å². The molecule has 0 aliphatic carbocycles. The predicted molar refractivity (Wildman–Crippen MR) is 78.9 cm³/mol. The van der Waals surface area contributed by atoms with Crippen molar-refractivity contribution in [3.05, 3.63) is 28.2 Å². The average Bonchev–Trinajstić information content (AvgIpc) is 2.19. The van der Waals surface area contributed by atoms with E-state index in [0.29, 0.717) is 6.04 Å². The van der Waals surface area contributed by atoms with Crippen LogP contribution in [-0.2, 0) is 6.54 Å². The molecule has 1 aromatic carbocycles. The molecule has 0 heterocycles. The highest BCUT2D eigenvalue weighted by atomic mass is 79.9. The first-order valence-electron chi connectivity index (χ1n) is 5.96. The molecule has 0 saturated carbocycles. The van der Waals surface area contributed by atoms with Crippen molar-refractivity contribution >= 4 is 21.6 Å². The van der Waals surface area contributed by atoms with Gasteiger partial charge in [-0.15, -0.1) is 0 Å². The number of anilines is 1. The number of benzene rings is 1. The van der Waals surface area contributed by atoms with Crippen molar-refractivity contribution in [1.29, 1.82) is 0 Å². The van der Waals surface area contributed by atoms with E-state index < -0.39 is 0 Å². The second-order valence-corrected chi connectivity index (χ2v) is 6.66. The van der Waals surface area contributed by atoms with Crippen LogP contribution < -0.4 is 5.73 Å². The van der Waals surface area contributed by atoms with Gasteiger partial charge in [-0.1, -0.05) is 42.8 Å². The minimum Gasteiger partial charge on any atom is -0.399 e. The van der Waals surface area contributed by atoms with Crippen molar-refractivity contribution < 1.29 is 0 Å². The number of rotatable bonds is 3. The number of nitrogen functional groups attached to an aromatic ring is 1. The normalized spacial score (nSPS) is 14.1. The van der Waals surface area contributed by atoms with E-state index in [0.717, 1.165) is 16.7 Å². The van der Waals surface area contributed by atoms with Crippen molar-refractivity contribution in [1.82, 2.24) is 4.90 Å². The Hall–Kier alpha value is -0.540. The largest absolute Gasteiger partial charge is 0.399 e. The maximum absolute atomic E-state index is 5.74. The van der Waals surface area contributed by atoms with Crippen LogP contribution in [0.3, 0.4) is 0 Å². The third-order valence-corrected chi connectivity index (χ3v) is 4.15. The van der Waals surface area contributed by atoms with Gasteiger partial charge in [-0.25, -0.2) is 0 Å². The van der Waals surface area contributed by atoms with Gasteiger partial charge in [0.25, 0.3) is 0 Å². The fraction of sp³-hybridized carbons (Fsp3) is 0.571. The lowest BCUT2D eigenvalue weighted by molar-refractivity contribution is 0.134. The molecule has 0 bridgehead atoms. The van der Waals surface area contributed by atoms with Crippen LogP contribution in [0.2, 0.25) is 0 Å². The second kappa shape index (κ2) is 5.40. The molecule has 0 aliphatic rings. The van der Waals surface area contributed by atoms with Gasteiger partial charge >= 0.3 is 0 Å². The summed E-state index contributed by atoms with van der Waals surface area (Å²) in [6.07, 6.45) is 0. The Morgan fingerprint density at radius 3 is 2.41 bits per heavy atom. The molecule has 1 atom stereocenters. The number of hydrogen-bond acceptors (Lipinski definition) is 2. The molecule has 1 unspecified atom stereocenters. The molecule has 2 nitrogen and oxygen atoms in total. The monoisotopic (exact) mass is 298 g/mol. The molecular formula is C14H23BrN2. The van der Waals surface area contributed by atoms with Gasteiger partial charge in [-0.3, -0.25) is 4.90 Å². The Morgan fingerprint density at radius 2 is 1.94 bits per heavy atom. The van der Waals surface area contributed by atoms with Crippen LogP contribution in [0, 0.1) is 5.41 Å². The fourth-order valence-corrected chi connectivity index (χ4v) is 2.28. The maximum Gasteiger partial charge on any atom is 0.0325 e. The summed E-state index contributed by atoms with van der Waals surface area (Å²) in [4.78, 5) is 2.37. The smallest absolute Gasteiger partial charge is 0.0325 e. The summed E-state index contributed by atoms with van der Waals surface area (Å²) >= 11 is 3.57. The highest BCUT2D eigenvalue weighted by molar-refractivity contribution is 9.10. The minimum atomic E-state index is 0.287. The first-order chi connectivity index (χ1) is 7.71. The highest BCUT2D eigenvalue weighted by Gasteiger charge is 2.24. The molecule has 0 spiro atoms. The van der Waals surface area contributed by atoms with Crippen molar-refractivity contribution in [3.63, 3.8) is 0 Å². The molecule has 0 saturated heterocycles. The molecule has 1 aromatic rings. The van der Waals surface area contributed by atoms with Gasteiger partial charge in [0.1, 0.15) is 0 Å². The second-order valence-electron chi connectivity index (χ2n) is 5.81. The van der Waals surface area contributed by atoms with E-state index in [1.54, 1.807) is 0 Å². The summed E-state index contributed by atoms with van der Waals surface area (Å²) in [6.45, 7) is 10.0. The summed E-state index contributed by atoms with van der Waals surface area (Å²) < 4.78 is 1.09. The van der Waals surface area contributed by atoms with Gasteiger partial charge in [0.15, 0.2) is 0 Å². The Labute approximate surface area is 113 Å². The molecule has 1 rings (SSSR count). The lowest BCUT2D eigenvalue weighted by Crippen LogP contribution is -2.38. The fourth-order valence-electron chi connectivity index (χ4n) is 1.76. The highest BCUT2D eigenvalue weighted by Crippen LogP contribution is 2.26. The maximum atomic E-state index is 5.74. The van der Waals surface area contributed by atoms with Crippen LogP contribution in [0.15, 0.2) is 22.7 Å². The number of nitrogens with zero attached hydrogens (tertiary/aromatic N) is 1. The van der Waals surface area contributed by atoms with Crippen molar-refractivity contribution in [2.45, 2.75) is 40.3 Å². The summed E-state index contributed by atoms with van der Waals surface area (Å²) in [6, 6.07) is 6.53. The Kier molecular flexibility index (Phi) is 4.62. The van der Waals surface area contributed by atoms with Gasteiger partial charge < -0.3 is 5.73 Å². The molecule has 0 aromatic heterocycles. The van der Waals surface area contributed by atoms with Crippen LogP contribution in [0.1, 0.15) is 33.3 Å². The topological polar surface area (TPSA) is 29.3 Å². The van der Waals surface area contributed by atoms with Crippen molar-refractivity contribution in [2.75, 3.05) is 12.8 Å². The molecule has 0 radical (unpaired) electrons. The van der Waals surface area contributed by atoms with Crippen LogP contribution in [-0.4, -0.2) is 18.0 Å². The average molecular weight is 299 g/mol. The Balaban J connectivity index is 2.78. The van der Waals surface area contributed by atoms with Crippen molar-refractivity contribution in [2.24, 2.45) is 5.41 Å². The lowest BCUT2D eigenvalue weighted by Gasteiger charge is -2.35. The third kappa shape index (κ3) is 4.00. The van der Waals surface area contributed by atoms with E-state index >= 15 is 0 Å². The van der Waals surface area contributed by atoms with E-state index in [-0.39, 0.29) is 5.41 Å². The van der Waals surface area contributed by atoms with Gasteiger partial charge in [0.05, 0.1) is 0 Å². The Morgan fingerprint density at radius 1 is 1.35 bits per heavy atom. The quantitative estimate of drug-likeness (QED) is 0.858.